The van der Waals surface area contributed by atoms with Crippen LogP contribution >= 0.6 is 0 Å². The van der Waals surface area contributed by atoms with Crippen LogP contribution in [0.4, 0.5) is 4.39 Å². The van der Waals surface area contributed by atoms with Gasteiger partial charge in [-0.3, -0.25) is 0 Å². The van der Waals surface area contributed by atoms with E-state index in [1.54, 1.807) is 12.1 Å². The molecule has 1 saturated carbocycles. The molecule has 1 aliphatic carbocycles. The average molecular weight is 249 g/mol. The quantitative estimate of drug-likeness (QED) is 0.820. The monoisotopic (exact) mass is 249 g/mol. The summed E-state index contributed by atoms with van der Waals surface area (Å²) in [6.07, 6.45) is 3.85. The van der Waals surface area contributed by atoms with E-state index < -0.39 is 11.9 Å². The summed E-state index contributed by atoms with van der Waals surface area (Å²) >= 11 is 0. The van der Waals surface area contributed by atoms with E-state index in [0.29, 0.717) is 5.75 Å². The fourth-order valence-electron chi connectivity index (χ4n) is 2.23. The van der Waals surface area contributed by atoms with Crippen LogP contribution in [0.15, 0.2) is 18.2 Å². The Bertz CT molecular complexity index is 456. The largest absolute Gasteiger partial charge is 0.488 e. The summed E-state index contributed by atoms with van der Waals surface area (Å²) in [7, 11) is 0. The van der Waals surface area contributed by atoms with Crippen molar-refractivity contribution in [2.24, 2.45) is 0 Å². The minimum Gasteiger partial charge on any atom is -0.488 e. The van der Waals surface area contributed by atoms with Gasteiger partial charge in [-0.1, -0.05) is 12.8 Å². The van der Waals surface area contributed by atoms with Gasteiger partial charge in [-0.25, -0.2) is 4.39 Å². The second-order valence-electron chi connectivity index (χ2n) is 4.62. The Morgan fingerprint density at radius 3 is 2.78 bits per heavy atom. The molecule has 2 unspecified atom stereocenters. The standard InChI is InChI=1S/C14H16FNO2/c15-12-8-11(7-6-10(12)9-16)18-14-5-3-1-2-4-13(14)17/h6-8,13-14,17H,1-5H2. The summed E-state index contributed by atoms with van der Waals surface area (Å²) in [5, 5.41) is 18.5. The number of aliphatic hydroxyl groups is 1. The number of hydrogen-bond donors (Lipinski definition) is 1. The highest BCUT2D eigenvalue weighted by molar-refractivity contribution is 5.36. The van der Waals surface area contributed by atoms with Gasteiger partial charge in [-0.15, -0.1) is 0 Å². The van der Waals surface area contributed by atoms with E-state index in [1.165, 1.54) is 12.1 Å². The SMILES string of the molecule is N#Cc1ccc(OC2CCCCCC2O)cc1F. The topological polar surface area (TPSA) is 53.2 Å². The number of aliphatic hydroxyl groups excluding tert-OH is 1. The van der Waals surface area contributed by atoms with Gasteiger partial charge in [-0.2, -0.15) is 5.26 Å². The smallest absolute Gasteiger partial charge is 0.144 e. The summed E-state index contributed by atoms with van der Waals surface area (Å²) in [5.74, 6) is -0.212. The van der Waals surface area contributed by atoms with Crippen molar-refractivity contribution in [3.8, 4) is 11.8 Å². The third-order valence-electron chi connectivity index (χ3n) is 3.27. The zero-order valence-electron chi connectivity index (χ0n) is 10.1. The van der Waals surface area contributed by atoms with Crippen molar-refractivity contribution >= 4 is 0 Å². The molecule has 1 N–H and O–H groups in total. The molecule has 0 amide bonds. The Balaban J connectivity index is 2.08. The van der Waals surface area contributed by atoms with Crippen LogP contribution in [0.1, 0.15) is 37.7 Å². The number of halogens is 1. The fourth-order valence-corrected chi connectivity index (χ4v) is 2.23. The Morgan fingerprint density at radius 2 is 2.06 bits per heavy atom. The maximum absolute atomic E-state index is 13.4. The molecule has 0 radical (unpaired) electrons. The molecule has 1 aromatic rings. The summed E-state index contributed by atoms with van der Waals surface area (Å²) in [6.45, 7) is 0. The van der Waals surface area contributed by atoms with Crippen LogP contribution in [0.3, 0.4) is 0 Å². The van der Waals surface area contributed by atoms with Gasteiger partial charge in [0, 0.05) is 6.07 Å². The van der Waals surface area contributed by atoms with Gasteiger partial charge in [0.05, 0.1) is 11.7 Å². The van der Waals surface area contributed by atoms with Gasteiger partial charge in [0.2, 0.25) is 0 Å². The van der Waals surface area contributed by atoms with Crippen molar-refractivity contribution in [3.05, 3.63) is 29.6 Å². The lowest BCUT2D eigenvalue weighted by molar-refractivity contribution is 0.0318. The highest BCUT2D eigenvalue weighted by Gasteiger charge is 2.23. The van der Waals surface area contributed by atoms with Crippen molar-refractivity contribution in [3.63, 3.8) is 0 Å². The molecule has 0 spiro atoms. The van der Waals surface area contributed by atoms with Crippen LogP contribution in [0.5, 0.6) is 5.75 Å². The first-order chi connectivity index (χ1) is 8.70. The molecule has 0 heterocycles. The maximum atomic E-state index is 13.4. The second-order valence-corrected chi connectivity index (χ2v) is 4.62. The Kier molecular flexibility index (Phi) is 4.16. The van der Waals surface area contributed by atoms with Crippen LogP contribution in [0, 0.1) is 17.1 Å². The summed E-state index contributed by atoms with van der Waals surface area (Å²) in [6, 6.07) is 5.93. The van der Waals surface area contributed by atoms with Gasteiger partial charge in [0.15, 0.2) is 0 Å². The molecule has 0 saturated heterocycles. The summed E-state index contributed by atoms with van der Waals surface area (Å²) in [5.41, 5.74) is 0.00349. The van der Waals surface area contributed by atoms with Crippen molar-refractivity contribution in [1.29, 1.82) is 5.26 Å². The van der Waals surface area contributed by atoms with Crippen LogP contribution in [-0.4, -0.2) is 17.3 Å². The average Bonchev–Trinajstić information content (AvgIpc) is 2.55. The number of nitriles is 1. The molecule has 2 rings (SSSR count). The molecule has 0 bridgehead atoms. The Hall–Kier alpha value is -1.60. The van der Waals surface area contributed by atoms with E-state index in [9.17, 15) is 9.50 Å². The lowest BCUT2D eigenvalue weighted by Crippen LogP contribution is -2.30. The Morgan fingerprint density at radius 1 is 1.28 bits per heavy atom. The summed E-state index contributed by atoms with van der Waals surface area (Å²) < 4.78 is 19.0. The predicted molar refractivity (Wildman–Crippen MR) is 64.6 cm³/mol. The molecule has 96 valence electrons. The number of nitrogens with zero attached hydrogens (tertiary/aromatic N) is 1. The van der Waals surface area contributed by atoms with E-state index >= 15 is 0 Å². The number of rotatable bonds is 2. The molecule has 3 nitrogen and oxygen atoms in total. The summed E-state index contributed by atoms with van der Waals surface area (Å²) in [4.78, 5) is 0. The van der Waals surface area contributed by atoms with Gasteiger partial charge in [0.1, 0.15) is 23.7 Å². The molecule has 0 aliphatic heterocycles. The first kappa shape index (κ1) is 12.8. The molecule has 1 aliphatic rings. The van der Waals surface area contributed by atoms with Gasteiger partial charge < -0.3 is 9.84 Å². The van der Waals surface area contributed by atoms with Gasteiger partial charge in [0.25, 0.3) is 0 Å². The van der Waals surface area contributed by atoms with E-state index in [1.807, 2.05) is 0 Å². The molecule has 1 aromatic carbocycles. The highest BCUT2D eigenvalue weighted by atomic mass is 19.1. The minimum atomic E-state index is -0.585. The Labute approximate surface area is 106 Å². The second kappa shape index (κ2) is 5.83. The van der Waals surface area contributed by atoms with Crippen LogP contribution in [0.2, 0.25) is 0 Å². The van der Waals surface area contributed by atoms with Crippen molar-refractivity contribution < 1.29 is 14.2 Å². The third kappa shape index (κ3) is 2.99. The molecule has 2 atom stereocenters. The first-order valence-electron chi connectivity index (χ1n) is 6.25. The van der Waals surface area contributed by atoms with E-state index in [-0.39, 0.29) is 11.7 Å². The van der Waals surface area contributed by atoms with Gasteiger partial charge in [-0.05, 0) is 31.4 Å². The molecule has 1 fully saturated rings. The maximum Gasteiger partial charge on any atom is 0.144 e. The van der Waals surface area contributed by atoms with Crippen LogP contribution in [-0.2, 0) is 0 Å². The molecule has 18 heavy (non-hydrogen) atoms. The van der Waals surface area contributed by atoms with Gasteiger partial charge >= 0.3 is 0 Å². The molecule has 4 heteroatoms. The zero-order chi connectivity index (χ0) is 13.0. The van der Waals surface area contributed by atoms with E-state index in [4.69, 9.17) is 10.00 Å². The van der Waals surface area contributed by atoms with E-state index in [0.717, 1.165) is 32.1 Å². The zero-order valence-corrected chi connectivity index (χ0v) is 10.1. The first-order valence-corrected chi connectivity index (χ1v) is 6.25. The number of ether oxygens (including phenoxy) is 1. The van der Waals surface area contributed by atoms with Crippen LogP contribution in [0.25, 0.3) is 0 Å². The normalized spacial score (nSPS) is 24.1. The van der Waals surface area contributed by atoms with Crippen LogP contribution < -0.4 is 4.74 Å². The fraction of sp³-hybridized carbons (Fsp3) is 0.500. The van der Waals surface area contributed by atoms with E-state index in [2.05, 4.69) is 0 Å². The molecular weight excluding hydrogens is 233 g/mol. The number of benzene rings is 1. The lowest BCUT2D eigenvalue weighted by atomic mass is 10.1. The van der Waals surface area contributed by atoms with Crippen molar-refractivity contribution in [1.82, 2.24) is 0 Å². The lowest BCUT2D eigenvalue weighted by Gasteiger charge is -2.22. The minimum absolute atomic E-state index is 0.00349. The third-order valence-corrected chi connectivity index (χ3v) is 3.27. The number of hydrogen-bond acceptors (Lipinski definition) is 3. The van der Waals surface area contributed by atoms with Crippen molar-refractivity contribution in [2.45, 2.75) is 44.3 Å². The molecular formula is C14H16FNO2. The predicted octanol–water partition coefficient (Wildman–Crippen LogP) is 2.77. The van der Waals surface area contributed by atoms with Crippen molar-refractivity contribution in [2.75, 3.05) is 0 Å². The highest BCUT2D eigenvalue weighted by Crippen LogP contribution is 2.24. The molecule has 0 aromatic heterocycles.